The Bertz CT molecular complexity index is 567. The zero-order valence-corrected chi connectivity index (χ0v) is 13.1. The van der Waals surface area contributed by atoms with Crippen molar-refractivity contribution in [2.24, 2.45) is 0 Å². The SMILES string of the molecule is Cc1cnn(C[C@@H]2CCCCN2Cc2nnsc2Cl)c1. The van der Waals surface area contributed by atoms with Crippen LogP contribution in [0.15, 0.2) is 12.4 Å². The molecule has 0 unspecified atom stereocenters. The molecule has 2 aromatic rings. The topological polar surface area (TPSA) is 46.8 Å². The third kappa shape index (κ3) is 3.19. The Labute approximate surface area is 127 Å². The van der Waals surface area contributed by atoms with E-state index in [4.69, 9.17) is 11.6 Å². The third-order valence-corrected chi connectivity index (χ3v) is 4.76. The summed E-state index contributed by atoms with van der Waals surface area (Å²) in [5.41, 5.74) is 2.11. The first-order valence-electron chi connectivity index (χ1n) is 6.92. The lowest BCUT2D eigenvalue weighted by molar-refractivity contribution is 0.120. The molecule has 2 aromatic heterocycles. The van der Waals surface area contributed by atoms with Gasteiger partial charge in [-0.15, -0.1) is 5.10 Å². The van der Waals surface area contributed by atoms with Crippen molar-refractivity contribution in [2.45, 2.75) is 45.3 Å². The van der Waals surface area contributed by atoms with Gasteiger partial charge in [0, 0.05) is 30.3 Å². The van der Waals surface area contributed by atoms with Crippen LogP contribution in [-0.2, 0) is 13.1 Å². The predicted octanol–water partition coefficient (Wildman–Crippen LogP) is 2.75. The van der Waals surface area contributed by atoms with Crippen molar-refractivity contribution in [3.05, 3.63) is 28.0 Å². The van der Waals surface area contributed by atoms with Gasteiger partial charge in [0.1, 0.15) is 10.0 Å². The maximum Gasteiger partial charge on any atom is 0.138 e. The van der Waals surface area contributed by atoms with Crippen LogP contribution in [0.3, 0.4) is 0 Å². The van der Waals surface area contributed by atoms with Crippen molar-refractivity contribution in [1.29, 1.82) is 0 Å². The van der Waals surface area contributed by atoms with Crippen molar-refractivity contribution in [1.82, 2.24) is 24.3 Å². The first kappa shape index (κ1) is 14.0. The second kappa shape index (κ2) is 6.20. The van der Waals surface area contributed by atoms with E-state index in [9.17, 15) is 0 Å². The highest BCUT2D eigenvalue weighted by Gasteiger charge is 2.24. The molecule has 0 aliphatic carbocycles. The van der Waals surface area contributed by atoms with E-state index in [0.29, 0.717) is 10.4 Å². The second-order valence-electron chi connectivity index (χ2n) is 5.35. The van der Waals surface area contributed by atoms with Crippen molar-refractivity contribution in [3.63, 3.8) is 0 Å². The number of hydrogen-bond donors (Lipinski definition) is 0. The number of nitrogens with zero attached hydrogens (tertiary/aromatic N) is 5. The molecular weight excluding hydrogens is 294 g/mol. The minimum atomic E-state index is 0.501. The van der Waals surface area contributed by atoms with Gasteiger partial charge in [-0.2, -0.15) is 5.10 Å². The molecule has 5 nitrogen and oxygen atoms in total. The predicted molar refractivity (Wildman–Crippen MR) is 79.9 cm³/mol. The standard InChI is InChI=1S/C13H18ClN5S/c1-10-6-15-19(7-10)8-11-4-2-3-5-18(11)9-12-13(14)20-17-16-12/h6-7,11H,2-5,8-9H2,1H3/t11-/m0/s1. The normalized spacial score (nSPS) is 20.4. The maximum atomic E-state index is 6.12. The van der Waals surface area contributed by atoms with Gasteiger partial charge in [-0.25, -0.2) is 0 Å². The summed E-state index contributed by atoms with van der Waals surface area (Å²) in [6, 6.07) is 0.501. The van der Waals surface area contributed by atoms with E-state index < -0.39 is 0 Å². The number of halogens is 1. The highest BCUT2D eigenvalue weighted by Crippen LogP contribution is 2.24. The smallest absolute Gasteiger partial charge is 0.138 e. The Morgan fingerprint density at radius 3 is 3.05 bits per heavy atom. The van der Waals surface area contributed by atoms with Gasteiger partial charge in [-0.05, 0) is 31.9 Å². The highest BCUT2D eigenvalue weighted by atomic mass is 35.5. The first-order chi connectivity index (χ1) is 9.72. The van der Waals surface area contributed by atoms with Gasteiger partial charge in [0.15, 0.2) is 0 Å². The quantitative estimate of drug-likeness (QED) is 0.871. The molecule has 3 heterocycles. The molecule has 0 N–H and O–H groups in total. The molecule has 1 atom stereocenters. The second-order valence-corrected chi connectivity index (χ2v) is 6.71. The molecule has 3 rings (SSSR count). The number of piperidine rings is 1. The third-order valence-electron chi connectivity index (χ3n) is 3.77. The monoisotopic (exact) mass is 311 g/mol. The molecule has 108 valence electrons. The van der Waals surface area contributed by atoms with Crippen LogP contribution in [0.25, 0.3) is 0 Å². The van der Waals surface area contributed by atoms with E-state index in [1.165, 1.54) is 36.4 Å². The summed E-state index contributed by atoms with van der Waals surface area (Å²) in [7, 11) is 0. The van der Waals surface area contributed by atoms with E-state index >= 15 is 0 Å². The molecule has 1 fully saturated rings. The average molecular weight is 312 g/mol. The van der Waals surface area contributed by atoms with E-state index in [-0.39, 0.29) is 0 Å². The molecule has 7 heteroatoms. The average Bonchev–Trinajstić information content (AvgIpc) is 3.02. The molecule has 1 saturated heterocycles. The molecule has 0 spiro atoms. The minimum absolute atomic E-state index is 0.501. The molecule has 0 amide bonds. The number of rotatable bonds is 4. The van der Waals surface area contributed by atoms with Gasteiger partial charge in [0.2, 0.25) is 0 Å². The summed E-state index contributed by atoms with van der Waals surface area (Å²) >= 11 is 7.38. The Kier molecular flexibility index (Phi) is 4.33. The zero-order valence-electron chi connectivity index (χ0n) is 11.5. The van der Waals surface area contributed by atoms with Gasteiger partial charge in [0.25, 0.3) is 0 Å². The fourth-order valence-electron chi connectivity index (χ4n) is 2.74. The number of likely N-dealkylation sites (tertiary alicyclic amines) is 1. The van der Waals surface area contributed by atoms with Crippen molar-refractivity contribution in [2.75, 3.05) is 6.54 Å². The lowest BCUT2D eigenvalue weighted by Crippen LogP contribution is -2.41. The summed E-state index contributed by atoms with van der Waals surface area (Å²) in [6.07, 6.45) is 7.74. The maximum absolute atomic E-state index is 6.12. The molecule has 0 radical (unpaired) electrons. The largest absolute Gasteiger partial charge is 0.293 e. The molecule has 0 bridgehead atoms. The van der Waals surface area contributed by atoms with E-state index in [2.05, 4.69) is 32.7 Å². The van der Waals surface area contributed by atoms with Gasteiger partial charge in [0.05, 0.1) is 12.7 Å². The summed E-state index contributed by atoms with van der Waals surface area (Å²) in [4.78, 5) is 2.46. The van der Waals surface area contributed by atoms with E-state index in [1.54, 1.807) is 0 Å². The van der Waals surface area contributed by atoms with Crippen LogP contribution < -0.4 is 0 Å². The fraction of sp³-hybridized carbons (Fsp3) is 0.615. The summed E-state index contributed by atoms with van der Waals surface area (Å²) in [6.45, 7) is 4.89. The van der Waals surface area contributed by atoms with Crippen LogP contribution >= 0.6 is 23.1 Å². The van der Waals surface area contributed by atoms with Crippen LogP contribution in [-0.4, -0.2) is 36.9 Å². The Hall–Kier alpha value is -0.980. The minimum Gasteiger partial charge on any atom is -0.293 e. The highest BCUT2D eigenvalue weighted by molar-refractivity contribution is 7.10. The van der Waals surface area contributed by atoms with Crippen molar-refractivity contribution >= 4 is 23.1 Å². The van der Waals surface area contributed by atoms with Crippen LogP contribution in [0, 0.1) is 6.92 Å². The Morgan fingerprint density at radius 2 is 2.35 bits per heavy atom. The van der Waals surface area contributed by atoms with Crippen LogP contribution in [0.4, 0.5) is 0 Å². The van der Waals surface area contributed by atoms with Gasteiger partial charge in [-0.1, -0.05) is 22.5 Å². The number of hydrogen-bond acceptors (Lipinski definition) is 5. The van der Waals surface area contributed by atoms with E-state index in [1.807, 2.05) is 10.9 Å². The van der Waals surface area contributed by atoms with Crippen LogP contribution in [0.1, 0.15) is 30.5 Å². The summed E-state index contributed by atoms with van der Waals surface area (Å²) in [5, 5.41) is 8.52. The molecule has 0 aromatic carbocycles. The summed E-state index contributed by atoms with van der Waals surface area (Å²) < 4.78 is 6.67. The van der Waals surface area contributed by atoms with Gasteiger partial charge < -0.3 is 0 Å². The lowest BCUT2D eigenvalue weighted by atomic mass is 10.0. The molecule has 20 heavy (non-hydrogen) atoms. The zero-order chi connectivity index (χ0) is 13.9. The Morgan fingerprint density at radius 1 is 1.45 bits per heavy atom. The molecule has 1 aliphatic heterocycles. The fourth-order valence-corrected chi connectivity index (χ4v) is 3.35. The summed E-state index contributed by atoms with van der Waals surface area (Å²) in [5.74, 6) is 0. The van der Waals surface area contributed by atoms with Gasteiger partial charge >= 0.3 is 0 Å². The number of aromatic nitrogens is 4. The van der Waals surface area contributed by atoms with Crippen molar-refractivity contribution in [3.8, 4) is 0 Å². The van der Waals surface area contributed by atoms with Crippen LogP contribution in [0.2, 0.25) is 4.34 Å². The lowest BCUT2D eigenvalue weighted by Gasteiger charge is -2.35. The number of aryl methyl sites for hydroxylation is 1. The first-order valence-corrected chi connectivity index (χ1v) is 8.07. The Balaban J connectivity index is 1.69. The molecular formula is C13H18ClN5S. The van der Waals surface area contributed by atoms with E-state index in [0.717, 1.165) is 25.3 Å². The molecule has 1 aliphatic rings. The van der Waals surface area contributed by atoms with Crippen molar-refractivity contribution < 1.29 is 0 Å². The van der Waals surface area contributed by atoms with Gasteiger partial charge in [-0.3, -0.25) is 9.58 Å². The molecule has 0 saturated carbocycles. The van der Waals surface area contributed by atoms with Crippen LogP contribution in [0.5, 0.6) is 0 Å².